The van der Waals surface area contributed by atoms with E-state index in [-0.39, 0.29) is 11.5 Å². The highest BCUT2D eigenvalue weighted by atomic mass is 79.9. The third-order valence-electron chi connectivity index (χ3n) is 2.75. The van der Waals surface area contributed by atoms with Crippen molar-refractivity contribution >= 4 is 27.5 Å². The van der Waals surface area contributed by atoms with Gasteiger partial charge in [-0.3, -0.25) is 0 Å². The molecule has 0 aliphatic carbocycles. The zero-order valence-corrected chi connectivity index (χ0v) is 14.6. The fraction of sp³-hybridized carbons (Fsp3) is 0.714. The first-order chi connectivity index (χ1) is 8.81. The van der Waals surface area contributed by atoms with Gasteiger partial charge in [0.15, 0.2) is 5.82 Å². The van der Waals surface area contributed by atoms with E-state index in [1.807, 2.05) is 6.92 Å². The Morgan fingerprint density at radius 3 is 2.37 bits per heavy atom. The standard InChI is InChI=1S/C14H22BrClN2O/c1-6-8-9(19-7-2)13-17-11(14(3,4)5)10(15)12(16)18-13/h9H,6-8H2,1-5H3. The molecule has 0 N–H and O–H groups in total. The molecule has 0 aromatic carbocycles. The van der Waals surface area contributed by atoms with Crippen LogP contribution < -0.4 is 0 Å². The molecule has 19 heavy (non-hydrogen) atoms. The molecule has 1 aromatic heterocycles. The van der Waals surface area contributed by atoms with Crippen molar-refractivity contribution in [1.29, 1.82) is 0 Å². The summed E-state index contributed by atoms with van der Waals surface area (Å²) in [4.78, 5) is 9.04. The van der Waals surface area contributed by atoms with Gasteiger partial charge >= 0.3 is 0 Å². The summed E-state index contributed by atoms with van der Waals surface area (Å²) >= 11 is 9.70. The second-order valence-corrected chi connectivity index (χ2v) is 6.67. The second kappa shape index (κ2) is 7.00. The molecular formula is C14H22BrClN2O. The fourth-order valence-corrected chi connectivity index (χ4v) is 2.78. The Morgan fingerprint density at radius 1 is 1.26 bits per heavy atom. The highest BCUT2D eigenvalue weighted by Crippen LogP contribution is 2.34. The van der Waals surface area contributed by atoms with Crippen molar-refractivity contribution in [2.75, 3.05) is 6.61 Å². The van der Waals surface area contributed by atoms with Crippen LogP contribution >= 0.6 is 27.5 Å². The zero-order valence-electron chi connectivity index (χ0n) is 12.3. The van der Waals surface area contributed by atoms with Crippen LogP contribution in [0.4, 0.5) is 0 Å². The van der Waals surface area contributed by atoms with Crippen LogP contribution in [0, 0.1) is 0 Å². The Labute approximate surface area is 129 Å². The van der Waals surface area contributed by atoms with Crippen LogP contribution in [-0.4, -0.2) is 16.6 Å². The number of hydrogen-bond acceptors (Lipinski definition) is 3. The van der Waals surface area contributed by atoms with Crippen LogP contribution in [0.5, 0.6) is 0 Å². The molecule has 3 nitrogen and oxygen atoms in total. The summed E-state index contributed by atoms with van der Waals surface area (Å²) in [5.74, 6) is 0.682. The van der Waals surface area contributed by atoms with E-state index in [1.54, 1.807) is 0 Å². The van der Waals surface area contributed by atoms with Crippen molar-refractivity contribution in [3.63, 3.8) is 0 Å². The van der Waals surface area contributed by atoms with E-state index in [0.717, 1.165) is 23.0 Å². The van der Waals surface area contributed by atoms with Gasteiger partial charge in [0.25, 0.3) is 0 Å². The molecule has 0 saturated carbocycles. The van der Waals surface area contributed by atoms with E-state index >= 15 is 0 Å². The molecule has 0 saturated heterocycles. The van der Waals surface area contributed by atoms with Gasteiger partial charge in [-0.15, -0.1) is 0 Å². The van der Waals surface area contributed by atoms with E-state index in [1.165, 1.54) is 0 Å². The summed E-state index contributed by atoms with van der Waals surface area (Å²) in [6.07, 6.45) is 1.84. The molecule has 0 amide bonds. The molecule has 0 aliphatic rings. The van der Waals surface area contributed by atoms with Crippen LogP contribution in [-0.2, 0) is 10.2 Å². The lowest BCUT2D eigenvalue weighted by atomic mass is 9.92. The maximum Gasteiger partial charge on any atom is 0.159 e. The minimum absolute atomic E-state index is 0.0818. The predicted molar refractivity (Wildman–Crippen MR) is 82.7 cm³/mol. The van der Waals surface area contributed by atoms with Crippen molar-refractivity contribution < 1.29 is 4.74 Å². The minimum atomic E-state index is -0.0941. The van der Waals surface area contributed by atoms with Crippen LogP contribution in [0.25, 0.3) is 0 Å². The van der Waals surface area contributed by atoms with E-state index < -0.39 is 0 Å². The predicted octanol–water partition coefficient (Wildman–Crippen LogP) is 5.07. The van der Waals surface area contributed by atoms with Crippen LogP contribution in [0.15, 0.2) is 4.47 Å². The van der Waals surface area contributed by atoms with Gasteiger partial charge in [0.05, 0.1) is 10.2 Å². The Balaban J connectivity index is 3.25. The van der Waals surface area contributed by atoms with Crippen LogP contribution in [0.3, 0.4) is 0 Å². The fourth-order valence-electron chi connectivity index (χ4n) is 1.83. The van der Waals surface area contributed by atoms with Crippen molar-refractivity contribution in [2.24, 2.45) is 0 Å². The summed E-state index contributed by atoms with van der Waals surface area (Å²) in [6.45, 7) is 11.1. The topological polar surface area (TPSA) is 35.0 Å². The number of rotatable bonds is 5. The van der Waals surface area contributed by atoms with Crippen molar-refractivity contribution in [3.8, 4) is 0 Å². The smallest absolute Gasteiger partial charge is 0.159 e. The number of ether oxygens (including phenoxy) is 1. The van der Waals surface area contributed by atoms with Gasteiger partial charge in [-0.05, 0) is 29.3 Å². The summed E-state index contributed by atoms with van der Waals surface area (Å²) in [5, 5.41) is 0.454. The van der Waals surface area contributed by atoms with E-state index in [4.69, 9.17) is 16.3 Å². The summed E-state index contributed by atoms with van der Waals surface area (Å²) < 4.78 is 6.51. The summed E-state index contributed by atoms with van der Waals surface area (Å²) in [6, 6.07) is 0. The Kier molecular flexibility index (Phi) is 6.21. The molecule has 108 valence electrons. The Hall–Kier alpha value is -0.190. The Morgan fingerprint density at radius 2 is 1.89 bits per heavy atom. The van der Waals surface area contributed by atoms with Gasteiger partial charge in [0, 0.05) is 12.0 Å². The van der Waals surface area contributed by atoms with Gasteiger partial charge in [-0.25, -0.2) is 9.97 Å². The van der Waals surface area contributed by atoms with Gasteiger partial charge in [-0.1, -0.05) is 45.7 Å². The largest absolute Gasteiger partial charge is 0.371 e. The highest BCUT2D eigenvalue weighted by Gasteiger charge is 2.25. The monoisotopic (exact) mass is 348 g/mol. The highest BCUT2D eigenvalue weighted by molar-refractivity contribution is 9.10. The van der Waals surface area contributed by atoms with Gasteiger partial charge in [-0.2, -0.15) is 0 Å². The lowest BCUT2D eigenvalue weighted by Crippen LogP contribution is -2.19. The number of halogens is 2. The molecule has 1 aromatic rings. The molecule has 0 spiro atoms. The van der Waals surface area contributed by atoms with Crippen LogP contribution in [0.2, 0.25) is 5.15 Å². The zero-order chi connectivity index (χ0) is 14.6. The van der Waals surface area contributed by atoms with Gasteiger partial charge < -0.3 is 4.74 Å². The van der Waals surface area contributed by atoms with E-state index in [0.29, 0.717) is 17.6 Å². The van der Waals surface area contributed by atoms with Gasteiger partial charge in [0.2, 0.25) is 0 Å². The molecule has 5 heteroatoms. The number of aromatic nitrogens is 2. The molecule has 1 rings (SSSR count). The normalized spacial score (nSPS) is 13.6. The maximum atomic E-state index is 6.22. The number of hydrogen-bond donors (Lipinski definition) is 0. The first kappa shape index (κ1) is 16.9. The number of nitrogens with zero attached hydrogens (tertiary/aromatic N) is 2. The molecule has 1 unspecified atom stereocenters. The average Bonchev–Trinajstić information content (AvgIpc) is 2.30. The van der Waals surface area contributed by atoms with Crippen LogP contribution in [0.1, 0.15) is 65.1 Å². The maximum absolute atomic E-state index is 6.22. The Bertz CT molecular complexity index is 426. The molecule has 0 radical (unpaired) electrons. The molecule has 1 atom stereocenters. The SMILES string of the molecule is CCCC(OCC)c1nc(Cl)c(Br)c(C(C)(C)C)n1. The quantitative estimate of drug-likeness (QED) is 0.696. The first-order valence-electron chi connectivity index (χ1n) is 6.66. The lowest BCUT2D eigenvalue weighted by Gasteiger charge is -2.23. The van der Waals surface area contributed by atoms with E-state index in [9.17, 15) is 0 Å². The van der Waals surface area contributed by atoms with Crippen molar-refractivity contribution in [1.82, 2.24) is 9.97 Å². The van der Waals surface area contributed by atoms with Gasteiger partial charge in [0.1, 0.15) is 11.3 Å². The minimum Gasteiger partial charge on any atom is -0.371 e. The molecule has 0 aliphatic heterocycles. The van der Waals surface area contributed by atoms with Crippen molar-refractivity contribution in [2.45, 2.75) is 59.0 Å². The first-order valence-corrected chi connectivity index (χ1v) is 7.83. The second-order valence-electron chi connectivity index (χ2n) is 5.52. The third kappa shape index (κ3) is 4.40. The summed E-state index contributed by atoms with van der Waals surface area (Å²) in [7, 11) is 0. The summed E-state index contributed by atoms with van der Waals surface area (Å²) in [5.41, 5.74) is 0.826. The lowest BCUT2D eigenvalue weighted by molar-refractivity contribution is 0.0490. The molecule has 0 bridgehead atoms. The molecule has 1 heterocycles. The van der Waals surface area contributed by atoms with Crippen molar-refractivity contribution in [3.05, 3.63) is 21.1 Å². The van der Waals surface area contributed by atoms with E-state index in [2.05, 4.69) is 53.6 Å². The average molecular weight is 350 g/mol. The third-order valence-corrected chi connectivity index (χ3v) is 4.00. The molecular weight excluding hydrogens is 328 g/mol. The molecule has 0 fully saturated rings.